The number of rotatable bonds is 3. The summed E-state index contributed by atoms with van der Waals surface area (Å²) in [4.78, 5) is 0.137. The van der Waals surface area contributed by atoms with Crippen LogP contribution in [0.2, 0.25) is 5.02 Å². The number of halogens is 1. The highest BCUT2D eigenvalue weighted by Crippen LogP contribution is 2.25. The van der Waals surface area contributed by atoms with Gasteiger partial charge in [0, 0.05) is 6.04 Å². The van der Waals surface area contributed by atoms with Crippen LogP contribution in [0.3, 0.4) is 0 Å². The molecule has 0 spiro atoms. The number of nitrogens with one attached hydrogen (secondary N) is 1. The molecule has 5 heteroatoms. The van der Waals surface area contributed by atoms with Crippen LogP contribution in [0.1, 0.15) is 11.1 Å². The lowest BCUT2D eigenvalue weighted by Gasteiger charge is -2.13. The van der Waals surface area contributed by atoms with Gasteiger partial charge < -0.3 is 0 Å². The second-order valence-corrected chi connectivity index (χ2v) is 7.02. The minimum Gasteiger partial charge on any atom is -0.207 e. The van der Waals surface area contributed by atoms with Crippen LogP contribution in [0.4, 0.5) is 0 Å². The van der Waals surface area contributed by atoms with Crippen molar-refractivity contribution in [2.24, 2.45) is 0 Å². The van der Waals surface area contributed by atoms with Crippen LogP contribution in [-0.4, -0.2) is 14.5 Å². The molecular formula is C15H14ClNO2S. The summed E-state index contributed by atoms with van der Waals surface area (Å²) in [5.74, 6) is 0. The fourth-order valence-corrected chi connectivity index (χ4v) is 4.34. The molecule has 0 aromatic heterocycles. The van der Waals surface area contributed by atoms with E-state index in [2.05, 4.69) is 4.72 Å². The minimum absolute atomic E-state index is 0.103. The summed E-state index contributed by atoms with van der Waals surface area (Å²) in [6.45, 7) is 0. The number of fused-ring (bicyclic) bond motifs is 1. The topological polar surface area (TPSA) is 46.2 Å². The molecule has 0 bridgehead atoms. The second-order valence-electron chi connectivity index (χ2n) is 4.93. The number of sulfonamides is 1. The molecule has 2 aromatic rings. The van der Waals surface area contributed by atoms with Crippen LogP contribution < -0.4 is 4.72 Å². The fourth-order valence-electron chi connectivity index (χ4n) is 2.59. The van der Waals surface area contributed by atoms with Gasteiger partial charge in [-0.05, 0) is 36.1 Å². The van der Waals surface area contributed by atoms with E-state index < -0.39 is 10.0 Å². The van der Waals surface area contributed by atoms with Crippen molar-refractivity contribution >= 4 is 21.6 Å². The van der Waals surface area contributed by atoms with E-state index in [-0.39, 0.29) is 16.0 Å². The van der Waals surface area contributed by atoms with Gasteiger partial charge in [-0.25, -0.2) is 13.1 Å². The summed E-state index contributed by atoms with van der Waals surface area (Å²) in [6, 6.07) is 14.4. The van der Waals surface area contributed by atoms with E-state index in [1.54, 1.807) is 18.2 Å². The van der Waals surface area contributed by atoms with E-state index in [9.17, 15) is 8.42 Å². The zero-order valence-electron chi connectivity index (χ0n) is 10.7. The second kappa shape index (κ2) is 5.20. The molecule has 3 nitrogen and oxygen atoms in total. The summed E-state index contributed by atoms with van der Waals surface area (Å²) in [7, 11) is -3.57. The summed E-state index contributed by atoms with van der Waals surface area (Å²) in [6.07, 6.45) is 1.44. The largest absolute Gasteiger partial charge is 0.242 e. The van der Waals surface area contributed by atoms with Crippen molar-refractivity contribution in [2.75, 3.05) is 0 Å². The summed E-state index contributed by atoms with van der Waals surface area (Å²) in [5, 5.41) is 0.246. The van der Waals surface area contributed by atoms with E-state index in [1.807, 2.05) is 24.3 Å². The van der Waals surface area contributed by atoms with Crippen LogP contribution >= 0.6 is 11.6 Å². The molecule has 0 saturated carbocycles. The Balaban J connectivity index is 1.81. The molecule has 0 saturated heterocycles. The Morgan fingerprint density at radius 1 is 0.950 bits per heavy atom. The van der Waals surface area contributed by atoms with Gasteiger partial charge in [-0.3, -0.25) is 0 Å². The molecule has 2 aromatic carbocycles. The summed E-state index contributed by atoms with van der Waals surface area (Å²) in [5.41, 5.74) is 2.42. The van der Waals surface area contributed by atoms with Gasteiger partial charge in [0.05, 0.1) is 5.02 Å². The highest BCUT2D eigenvalue weighted by Gasteiger charge is 2.27. The van der Waals surface area contributed by atoms with Crippen molar-refractivity contribution in [1.29, 1.82) is 0 Å². The monoisotopic (exact) mass is 307 g/mol. The van der Waals surface area contributed by atoms with Crippen LogP contribution in [0.5, 0.6) is 0 Å². The molecule has 0 unspecified atom stereocenters. The highest BCUT2D eigenvalue weighted by atomic mass is 35.5. The van der Waals surface area contributed by atoms with E-state index in [0.717, 1.165) is 12.8 Å². The van der Waals surface area contributed by atoms with Gasteiger partial charge in [0.25, 0.3) is 0 Å². The van der Waals surface area contributed by atoms with Gasteiger partial charge >= 0.3 is 0 Å². The average Bonchev–Trinajstić information content (AvgIpc) is 2.80. The molecule has 3 rings (SSSR count). The quantitative estimate of drug-likeness (QED) is 0.948. The molecule has 0 atom stereocenters. The molecule has 1 N–H and O–H groups in total. The normalized spacial score (nSPS) is 15.2. The lowest BCUT2D eigenvalue weighted by Crippen LogP contribution is -2.35. The van der Waals surface area contributed by atoms with Crippen molar-refractivity contribution < 1.29 is 8.42 Å². The SMILES string of the molecule is O=S(=O)(NC1Cc2ccccc2C1)c1ccccc1Cl. The zero-order chi connectivity index (χ0) is 14.2. The molecule has 20 heavy (non-hydrogen) atoms. The molecule has 1 aliphatic rings. The van der Waals surface area contributed by atoms with Gasteiger partial charge in [0.1, 0.15) is 4.90 Å². The summed E-state index contributed by atoms with van der Waals surface area (Å²) < 4.78 is 27.5. The van der Waals surface area contributed by atoms with Crippen molar-refractivity contribution in [3.8, 4) is 0 Å². The van der Waals surface area contributed by atoms with Gasteiger partial charge in [-0.2, -0.15) is 0 Å². The molecule has 0 amide bonds. The van der Waals surface area contributed by atoms with E-state index in [1.165, 1.54) is 17.2 Å². The highest BCUT2D eigenvalue weighted by molar-refractivity contribution is 7.89. The number of benzene rings is 2. The molecule has 1 aliphatic carbocycles. The first-order valence-electron chi connectivity index (χ1n) is 6.40. The first kappa shape index (κ1) is 13.6. The molecule has 0 heterocycles. The molecule has 0 radical (unpaired) electrons. The lowest BCUT2D eigenvalue weighted by atomic mass is 10.1. The first-order chi connectivity index (χ1) is 9.56. The Morgan fingerprint density at radius 3 is 2.10 bits per heavy atom. The average molecular weight is 308 g/mol. The Kier molecular flexibility index (Phi) is 3.54. The smallest absolute Gasteiger partial charge is 0.207 e. The van der Waals surface area contributed by atoms with Gasteiger partial charge in [0.15, 0.2) is 0 Å². The van der Waals surface area contributed by atoms with Crippen LogP contribution in [0, 0.1) is 0 Å². The van der Waals surface area contributed by atoms with E-state index in [0.29, 0.717) is 0 Å². The third kappa shape index (κ3) is 2.59. The fraction of sp³-hybridized carbons (Fsp3) is 0.200. The Bertz CT molecular complexity index is 718. The predicted octanol–water partition coefficient (Wildman–Crippen LogP) is 2.79. The molecule has 0 aliphatic heterocycles. The van der Waals surface area contributed by atoms with Gasteiger partial charge in [-0.15, -0.1) is 0 Å². The third-order valence-electron chi connectivity index (χ3n) is 3.50. The summed E-state index contributed by atoms with van der Waals surface area (Å²) >= 11 is 5.96. The Hall–Kier alpha value is -1.36. The van der Waals surface area contributed by atoms with Crippen molar-refractivity contribution in [1.82, 2.24) is 4.72 Å². The van der Waals surface area contributed by atoms with Crippen LogP contribution in [0.15, 0.2) is 53.4 Å². The maximum Gasteiger partial charge on any atom is 0.242 e. The van der Waals surface area contributed by atoms with Crippen molar-refractivity contribution in [2.45, 2.75) is 23.8 Å². The Labute approximate surface area is 123 Å². The predicted molar refractivity (Wildman–Crippen MR) is 79.4 cm³/mol. The molecule has 0 fully saturated rings. The van der Waals surface area contributed by atoms with Gasteiger partial charge in [-0.1, -0.05) is 48.0 Å². The van der Waals surface area contributed by atoms with E-state index >= 15 is 0 Å². The standard InChI is InChI=1S/C15H14ClNO2S/c16-14-7-3-4-8-15(14)20(18,19)17-13-9-11-5-1-2-6-12(11)10-13/h1-8,13,17H,9-10H2. The van der Waals surface area contributed by atoms with Crippen molar-refractivity contribution in [3.05, 3.63) is 64.7 Å². The number of hydrogen-bond acceptors (Lipinski definition) is 2. The first-order valence-corrected chi connectivity index (χ1v) is 8.26. The maximum atomic E-state index is 12.4. The van der Waals surface area contributed by atoms with Crippen LogP contribution in [0.25, 0.3) is 0 Å². The van der Waals surface area contributed by atoms with E-state index in [4.69, 9.17) is 11.6 Å². The molecule has 104 valence electrons. The third-order valence-corrected chi connectivity index (χ3v) is 5.52. The Morgan fingerprint density at radius 2 is 1.50 bits per heavy atom. The lowest BCUT2D eigenvalue weighted by molar-refractivity contribution is 0.555. The van der Waals surface area contributed by atoms with Gasteiger partial charge in [0.2, 0.25) is 10.0 Å². The number of hydrogen-bond donors (Lipinski definition) is 1. The maximum absolute atomic E-state index is 12.4. The van der Waals surface area contributed by atoms with Crippen LogP contribution in [-0.2, 0) is 22.9 Å². The minimum atomic E-state index is -3.57. The van der Waals surface area contributed by atoms with Crippen molar-refractivity contribution in [3.63, 3.8) is 0 Å². The zero-order valence-corrected chi connectivity index (χ0v) is 12.3. The molecular weight excluding hydrogens is 294 g/mol.